The fraction of sp³-hybridized carbons (Fsp3) is 0.333. The van der Waals surface area contributed by atoms with Crippen LogP contribution < -0.4 is 5.73 Å². The zero-order valence-corrected chi connectivity index (χ0v) is 8.04. The van der Waals surface area contributed by atoms with Crippen molar-refractivity contribution in [2.45, 2.75) is 12.8 Å². The number of rotatable bonds is 3. The van der Waals surface area contributed by atoms with Crippen molar-refractivity contribution in [1.29, 1.82) is 0 Å². The number of aryl methyl sites for hydroxylation is 1. The van der Waals surface area contributed by atoms with Crippen LogP contribution in [0, 0.1) is 17.5 Å². The third-order valence-corrected chi connectivity index (χ3v) is 2.16. The highest BCUT2D eigenvalue weighted by Gasteiger charge is 2.16. The molecule has 14 heavy (non-hydrogen) atoms. The molecule has 2 N–H and O–H groups in total. The van der Waals surface area contributed by atoms with Crippen LogP contribution in [0.15, 0.2) is 6.07 Å². The van der Waals surface area contributed by atoms with Gasteiger partial charge in [0.2, 0.25) is 0 Å². The number of halogens is 4. The first-order valence-corrected chi connectivity index (χ1v) is 4.47. The first kappa shape index (κ1) is 11.3. The number of hydrogen-bond acceptors (Lipinski definition) is 1. The molecule has 0 spiro atoms. The van der Waals surface area contributed by atoms with Gasteiger partial charge in [0.1, 0.15) is 10.8 Å². The van der Waals surface area contributed by atoms with Gasteiger partial charge < -0.3 is 5.73 Å². The van der Waals surface area contributed by atoms with Crippen LogP contribution in [0.4, 0.5) is 13.2 Å². The van der Waals surface area contributed by atoms with E-state index in [1.54, 1.807) is 0 Å². The molecular weight excluding hydrogens is 215 g/mol. The van der Waals surface area contributed by atoms with Gasteiger partial charge in [0.15, 0.2) is 11.6 Å². The first-order chi connectivity index (χ1) is 6.57. The molecule has 0 heterocycles. The van der Waals surface area contributed by atoms with E-state index in [2.05, 4.69) is 0 Å². The van der Waals surface area contributed by atoms with E-state index in [-0.39, 0.29) is 12.0 Å². The van der Waals surface area contributed by atoms with Gasteiger partial charge in [-0.25, -0.2) is 13.2 Å². The van der Waals surface area contributed by atoms with Crippen LogP contribution in [0.25, 0.3) is 0 Å². The Kier molecular flexibility index (Phi) is 3.77. The van der Waals surface area contributed by atoms with Crippen LogP contribution in [0.3, 0.4) is 0 Å². The van der Waals surface area contributed by atoms with Crippen molar-refractivity contribution < 1.29 is 13.2 Å². The molecule has 5 heteroatoms. The van der Waals surface area contributed by atoms with Gasteiger partial charge >= 0.3 is 0 Å². The van der Waals surface area contributed by atoms with Gasteiger partial charge in [-0.2, -0.15) is 0 Å². The second-order valence-corrected chi connectivity index (χ2v) is 3.23. The van der Waals surface area contributed by atoms with E-state index in [9.17, 15) is 13.2 Å². The molecule has 0 aliphatic rings. The summed E-state index contributed by atoms with van der Waals surface area (Å²) < 4.78 is 38.7. The highest BCUT2D eigenvalue weighted by molar-refractivity contribution is 6.31. The summed E-state index contributed by atoms with van der Waals surface area (Å²) in [6.45, 7) is 0.357. The summed E-state index contributed by atoms with van der Waals surface area (Å²) in [7, 11) is 0. The predicted octanol–water partition coefficient (Wildman–Crippen LogP) is 2.65. The van der Waals surface area contributed by atoms with E-state index in [1.807, 2.05) is 0 Å². The second kappa shape index (κ2) is 4.66. The second-order valence-electron chi connectivity index (χ2n) is 2.85. The molecule has 1 nitrogen and oxygen atoms in total. The van der Waals surface area contributed by atoms with Gasteiger partial charge in [0.25, 0.3) is 0 Å². The molecule has 0 saturated carbocycles. The number of hydrogen-bond donors (Lipinski definition) is 1. The molecular formula is C9H9ClF3N. The van der Waals surface area contributed by atoms with Crippen LogP contribution in [-0.4, -0.2) is 6.54 Å². The Bertz CT molecular complexity index is 341. The van der Waals surface area contributed by atoms with Crippen LogP contribution in [0.5, 0.6) is 0 Å². The summed E-state index contributed by atoms with van der Waals surface area (Å²) in [5, 5.41) is -0.794. The van der Waals surface area contributed by atoms with Gasteiger partial charge in [-0.15, -0.1) is 0 Å². The molecule has 78 valence electrons. The van der Waals surface area contributed by atoms with E-state index < -0.39 is 22.5 Å². The zero-order chi connectivity index (χ0) is 10.7. The minimum atomic E-state index is -1.35. The average molecular weight is 224 g/mol. The van der Waals surface area contributed by atoms with Crippen molar-refractivity contribution in [2.24, 2.45) is 5.73 Å². The Morgan fingerprint density at radius 2 is 1.86 bits per heavy atom. The van der Waals surface area contributed by atoms with Crippen LogP contribution in [0.2, 0.25) is 5.02 Å². The minimum Gasteiger partial charge on any atom is -0.330 e. The quantitative estimate of drug-likeness (QED) is 0.619. The van der Waals surface area contributed by atoms with Gasteiger partial charge in [0, 0.05) is 0 Å². The lowest BCUT2D eigenvalue weighted by Crippen LogP contribution is -2.03. The summed E-state index contributed by atoms with van der Waals surface area (Å²) in [6, 6.07) is 0.812. The normalized spacial score (nSPS) is 10.6. The maximum absolute atomic E-state index is 13.2. The van der Waals surface area contributed by atoms with Crippen molar-refractivity contribution in [3.8, 4) is 0 Å². The molecule has 0 radical (unpaired) electrons. The molecule has 1 aromatic rings. The SMILES string of the molecule is NCCCc1cc(F)c(F)c(Cl)c1F. The van der Waals surface area contributed by atoms with Crippen molar-refractivity contribution >= 4 is 11.6 Å². The standard InChI is InChI=1S/C9H9ClF3N/c10-7-8(12)5(2-1-3-14)4-6(11)9(7)13/h4H,1-3,14H2. The van der Waals surface area contributed by atoms with Gasteiger partial charge in [-0.05, 0) is 31.0 Å². The zero-order valence-electron chi connectivity index (χ0n) is 7.29. The Balaban J connectivity index is 3.06. The van der Waals surface area contributed by atoms with Crippen LogP contribution >= 0.6 is 11.6 Å². The smallest absolute Gasteiger partial charge is 0.180 e. The number of nitrogens with two attached hydrogens (primary N) is 1. The summed E-state index contributed by atoms with van der Waals surface area (Å²) in [4.78, 5) is 0. The van der Waals surface area contributed by atoms with Crippen molar-refractivity contribution in [3.63, 3.8) is 0 Å². The monoisotopic (exact) mass is 223 g/mol. The first-order valence-electron chi connectivity index (χ1n) is 4.10. The third-order valence-electron chi connectivity index (χ3n) is 1.83. The number of benzene rings is 1. The molecule has 1 aromatic carbocycles. The molecule has 0 unspecified atom stereocenters. The van der Waals surface area contributed by atoms with Crippen molar-refractivity contribution in [1.82, 2.24) is 0 Å². The Morgan fingerprint density at radius 3 is 2.43 bits per heavy atom. The maximum Gasteiger partial charge on any atom is 0.180 e. The van der Waals surface area contributed by atoms with Gasteiger partial charge in [0.05, 0.1) is 0 Å². The van der Waals surface area contributed by atoms with E-state index in [4.69, 9.17) is 17.3 Å². The summed E-state index contributed by atoms with van der Waals surface area (Å²) in [6.07, 6.45) is 0.748. The Labute approximate surface area is 84.7 Å². The molecule has 0 aromatic heterocycles. The van der Waals surface area contributed by atoms with E-state index >= 15 is 0 Å². The van der Waals surface area contributed by atoms with Gasteiger partial charge in [-0.3, -0.25) is 0 Å². The summed E-state index contributed by atoms with van der Waals surface area (Å²) in [5.41, 5.74) is 5.26. The average Bonchev–Trinajstić information content (AvgIpc) is 2.18. The largest absolute Gasteiger partial charge is 0.330 e. The molecule has 0 fully saturated rings. The van der Waals surface area contributed by atoms with Crippen molar-refractivity contribution in [2.75, 3.05) is 6.54 Å². The van der Waals surface area contributed by atoms with E-state index in [0.29, 0.717) is 13.0 Å². The highest BCUT2D eigenvalue weighted by Crippen LogP contribution is 2.25. The molecule has 1 rings (SSSR count). The fourth-order valence-electron chi connectivity index (χ4n) is 1.10. The summed E-state index contributed by atoms with van der Waals surface area (Å²) in [5.74, 6) is -3.39. The lowest BCUT2D eigenvalue weighted by atomic mass is 10.1. The minimum absolute atomic E-state index is 0.0550. The lowest BCUT2D eigenvalue weighted by Gasteiger charge is -2.05. The molecule has 0 bridgehead atoms. The van der Waals surface area contributed by atoms with Crippen LogP contribution in [-0.2, 0) is 6.42 Å². The van der Waals surface area contributed by atoms with E-state index in [0.717, 1.165) is 6.07 Å². The Morgan fingerprint density at radius 1 is 1.21 bits per heavy atom. The third kappa shape index (κ3) is 2.19. The fourth-order valence-corrected chi connectivity index (χ4v) is 1.31. The molecule has 0 aliphatic carbocycles. The van der Waals surface area contributed by atoms with Crippen molar-refractivity contribution in [3.05, 3.63) is 34.1 Å². The van der Waals surface area contributed by atoms with E-state index in [1.165, 1.54) is 0 Å². The lowest BCUT2D eigenvalue weighted by molar-refractivity contribution is 0.490. The van der Waals surface area contributed by atoms with Crippen LogP contribution in [0.1, 0.15) is 12.0 Å². The maximum atomic E-state index is 13.2. The molecule has 0 saturated heterocycles. The Hall–Kier alpha value is -0.740. The molecule has 0 aliphatic heterocycles. The molecule has 0 atom stereocenters. The summed E-state index contributed by atoms with van der Waals surface area (Å²) >= 11 is 5.25. The topological polar surface area (TPSA) is 26.0 Å². The predicted molar refractivity (Wildman–Crippen MR) is 48.7 cm³/mol. The highest BCUT2D eigenvalue weighted by atomic mass is 35.5. The van der Waals surface area contributed by atoms with Gasteiger partial charge in [-0.1, -0.05) is 11.6 Å². The molecule has 0 amide bonds.